The molecule has 0 spiro atoms. The predicted octanol–water partition coefficient (Wildman–Crippen LogP) is 4.42. The molecular formula is C23H23FN4O. The van der Waals surface area contributed by atoms with Gasteiger partial charge in [-0.05, 0) is 55.8 Å². The SMILES string of the molecule is COc1ccc(-c2nn(-c3ccccc3F)cc2CN2CCCC(C#N)C2)cc1. The molecule has 29 heavy (non-hydrogen) atoms. The van der Waals surface area contributed by atoms with E-state index in [0.717, 1.165) is 48.5 Å². The Morgan fingerprint density at radius 3 is 2.72 bits per heavy atom. The van der Waals surface area contributed by atoms with E-state index in [-0.39, 0.29) is 11.7 Å². The quantitative estimate of drug-likeness (QED) is 0.647. The van der Waals surface area contributed by atoms with Crippen LogP contribution >= 0.6 is 0 Å². The molecule has 0 N–H and O–H groups in total. The number of nitrogens with zero attached hydrogens (tertiary/aromatic N) is 4. The molecule has 2 heterocycles. The van der Waals surface area contributed by atoms with E-state index in [2.05, 4.69) is 11.0 Å². The van der Waals surface area contributed by atoms with Crippen molar-refractivity contribution in [3.8, 4) is 28.8 Å². The number of hydrogen-bond donors (Lipinski definition) is 0. The van der Waals surface area contributed by atoms with Gasteiger partial charge in [0.15, 0.2) is 0 Å². The van der Waals surface area contributed by atoms with Gasteiger partial charge in [-0.2, -0.15) is 10.4 Å². The first kappa shape index (κ1) is 19.2. The maximum atomic E-state index is 14.3. The number of piperidine rings is 1. The van der Waals surface area contributed by atoms with Crippen molar-refractivity contribution in [3.63, 3.8) is 0 Å². The second-order valence-corrected chi connectivity index (χ2v) is 7.33. The minimum absolute atomic E-state index is 0.0646. The summed E-state index contributed by atoms with van der Waals surface area (Å²) >= 11 is 0. The molecule has 6 heteroatoms. The van der Waals surface area contributed by atoms with Gasteiger partial charge in [0.2, 0.25) is 0 Å². The third-order valence-corrected chi connectivity index (χ3v) is 5.33. The van der Waals surface area contributed by atoms with Crippen LogP contribution in [0.25, 0.3) is 16.9 Å². The molecule has 2 aromatic carbocycles. The molecule has 148 valence electrons. The lowest BCUT2D eigenvalue weighted by atomic mass is 9.99. The van der Waals surface area contributed by atoms with Gasteiger partial charge in [-0.15, -0.1) is 0 Å². The normalized spacial score (nSPS) is 17.1. The summed E-state index contributed by atoms with van der Waals surface area (Å²) < 4.78 is 21.2. The third kappa shape index (κ3) is 4.15. The summed E-state index contributed by atoms with van der Waals surface area (Å²) in [7, 11) is 1.63. The van der Waals surface area contributed by atoms with Crippen molar-refractivity contribution in [2.45, 2.75) is 19.4 Å². The lowest BCUT2D eigenvalue weighted by Crippen LogP contribution is -2.34. The van der Waals surface area contributed by atoms with Crippen LogP contribution in [0.2, 0.25) is 0 Å². The van der Waals surface area contributed by atoms with E-state index in [0.29, 0.717) is 12.2 Å². The average molecular weight is 390 g/mol. The van der Waals surface area contributed by atoms with Crippen molar-refractivity contribution in [2.75, 3.05) is 20.2 Å². The number of ether oxygens (including phenoxy) is 1. The molecule has 0 amide bonds. The highest BCUT2D eigenvalue weighted by Crippen LogP contribution is 2.28. The molecule has 0 radical (unpaired) electrons. The molecule has 0 saturated carbocycles. The summed E-state index contributed by atoms with van der Waals surface area (Å²) in [5.41, 5.74) is 3.19. The zero-order valence-corrected chi connectivity index (χ0v) is 16.4. The van der Waals surface area contributed by atoms with Gasteiger partial charge in [0.05, 0.1) is 24.8 Å². The summed E-state index contributed by atoms with van der Waals surface area (Å²) in [5.74, 6) is 0.525. The van der Waals surface area contributed by atoms with E-state index < -0.39 is 0 Å². The molecule has 1 unspecified atom stereocenters. The van der Waals surface area contributed by atoms with Crippen LogP contribution in [0.4, 0.5) is 4.39 Å². The lowest BCUT2D eigenvalue weighted by Gasteiger charge is -2.29. The van der Waals surface area contributed by atoms with Crippen molar-refractivity contribution in [3.05, 3.63) is 66.1 Å². The van der Waals surface area contributed by atoms with Gasteiger partial charge in [-0.3, -0.25) is 4.90 Å². The van der Waals surface area contributed by atoms with Crippen LogP contribution in [0.1, 0.15) is 18.4 Å². The van der Waals surface area contributed by atoms with E-state index in [1.165, 1.54) is 6.07 Å². The molecule has 3 aromatic rings. The zero-order valence-electron chi connectivity index (χ0n) is 16.4. The summed E-state index contributed by atoms with van der Waals surface area (Å²) in [6, 6.07) is 16.7. The Balaban J connectivity index is 1.71. The highest BCUT2D eigenvalue weighted by molar-refractivity contribution is 5.64. The van der Waals surface area contributed by atoms with Crippen LogP contribution in [0.3, 0.4) is 0 Å². The molecule has 1 saturated heterocycles. The molecule has 0 bridgehead atoms. The standard InChI is InChI=1S/C23H23FN4O/c1-29-20-10-8-18(9-11-20)23-19(15-27-12-4-5-17(13-25)14-27)16-28(26-23)22-7-3-2-6-21(22)24/h2-3,6-11,16-17H,4-5,12,14-15H2,1H3. The molecule has 4 rings (SSSR count). The second kappa shape index (κ2) is 8.46. The van der Waals surface area contributed by atoms with Gasteiger partial charge in [0.25, 0.3) is 0 Å². The topological polar surface area (TPSA) is 54.1 Å². The molecule has 1 aliphatic heterocycles. The van der Waals surface area contributed by atoms with Gasteiger partial charge >= 0.3 is 0 Å². The molecule has 0 aliphatic carbocycles. The number of rotatable bonds is 5. The van der Waals surface area contributed by atoms with E-state index in [9.17, 15) is 9.65 Å². The van der Waals surface area contributed by atoms with Crippen LogP contribution in [0, 0.1) is 23.1 Å². The van der Waals surface area contributed by atoms with Gasteiger partial charge < -0.3 is 4.74 Å². The summed E-state index contributed by atoms with van der Waals surface area (Å²) in [5, 5.41) is 14.0. The Hall–Kier alpha value is -3.17. The molecule has 5 nitrogen and oxygen atoms in total. The number of para-hydroxylation sites is 1. The van der Waals surface area contributed by atoms with E-state index in [4.69, 9.17) is 9.84 Å². The van der Waals surface area contributed by atoms with Crippen molar-refractivity contribution < 1.29 is 9.13 Å². The Kier molecular flexibility index (Phi) is 5.59. The molecule has 1 fully saturated rings. The fourth-order valence-corrected chi connectivity index (χ4v) is 3.82. The number of hydrogen-bond acceptors (Lipinski definition) is 4. The Morgan fingerprint density at radius 2 is 2.00 bits per heavy atom. The first-order valence-electron chi connectivity index (χ1n) is 9.78. The van der Waals surface area contributed by atoms with Gasteiger partial charge in [-0.25, -0.2) is 9.07 Å². The fourth-order valence-electron chi connectivity index (χ4n) is 3.82. The minimum atomic E-state index is -0.314. The van der Waals surface area contributed by atoms with Crippen molar-refractivity contribution in [2.24, 2.45) is 5.92 Å². The van der Waals surface area contributed by atoms with E-state index in [1.54, 1.807) is 30.0 Å². The number of nitriles is 1. The van der Waals surface area contributed by atoms with Crippen LogP contribution in [0.15, 0.2) is 54.7 Å². The number of likely N-dealkylation sites (tertiary alicyclic amines) is 1. The van der Waals surface area contributed by atoms with Crippen LogP contribution in [-0.2, 0) is 6.54 Å². The Labute approximate surface area is 169 Å². The number of benzene rings is 2. The first-order chi connectivity index (χ1) is 14.2. The Bertz CT molecular complexity index is 1020. The summed E-state index contributed by atoms with van der Waals surface area (Å²) in [6.07, 6.45) is 3.86. The maximum Gasteiger partial charge on any atom is 0.148 e. The Morgan fingerprint density at radius 1 is 1.21 bits per heavy atom. The van der Waals surface area contributed by atoms with Gasteiger partial charge in [-0.1, -0.05) is 12.1 Å². The summed E-state index contributed by atoms with van der Waals surface area (Å²) in [4.78, 5) is 2.28. The average Bonchev–Trinajstić information content (AvgIpc) is 3.17. The van der Waals surface area contributed by atoms with Crippen molar-refractivity contribution in [1.82, 2.24) is 14.7 Å². The minimum Gasteiger partial charge on any atom is -0.497 e. The zero-order chi connectivity index (χ0) is 20.2. The number of aromatic nitrogens is 2. The summed E-state index contributed by atoms with van der Waals surface area (Å²) in [6.45, 7) is 2.38. The molecule has 1 aromatic heterocycles. The second-order valence-electron chi connectivity index (χ2n) is 7.33. The van der Waals surface area contributed by atoms with Crippen LogP contribution in [0.5, 0.6) is 5.75 Å². The van der Waals surface area contributed by atoms with E-state index >= 15 is 0 Å². The van der Waals surface area contributed by atoms with Crippen LogP contribution in [-0.4, -0.2) is 34.9 Å². The smallest absolute Gasteiger partial charge is 0.148 e. The van der Waals surface area contributed by atoms with Crippen molar-refractivity contribution in [1.29, 1.82) is 5.26 Å². The largest absolute Gasteiger partial charge is 0.497 e. The molecular weight excluding hydrogens is 367 g/mol. The fraction of sp³-hybridized carbons (Fsp3) is 0.304. The predicted molar refractivity (Wildman–Crippen MR) is 109 cm³/mol. The number of halogens is 1. The maximum absolute atomic E-state index is 14.3. The molecule has 1 atom stereocenters. The molecule has 1 aliphatic rings. The lowest BCUT2D eigenvalue weighted by molar-refractivity contribution is 0.192. The van der Waals surface area contributed by atoms with Crippen molar-refractivity contribution >= 4 is 0 Å². The first-order valence-corrected chi connectivity index (χ1v) is 9.78. The highest BCUT2D eigenvalue weighted by atomic mass is 19.1. The van der Waals surface area contributed by atoms with Gasteiger partial charge in [0, 0.05) is 30.4 Å². The third-order valence-electron chi connectivity index (χ3n) is 5.33. The van der Waals surface area contributed by atoms with E-state index in [1.807, 2.05) is 30.5 Å². The highest BCUT2D eigenvalue weighted by Gasteiger charge is 2.22. The van der Waals surface area contributed by atoms with Gasteiger partial charge in [0.1, 0.15) is 17.3 Å². The van der Waals surface area contributed by atoms with Crippen LogP contribution < -0.4 is 4.74 Å². The number of methoxy groups -OCH3 is 1. The monoisotopic (exact) mass is 390 g/mol.